The van der Waals surface area contributed by atoms with Crippen molar-refractivity contribution in [2.45, 2.75) is 24.3 Å². The Kier molecular flexibility index (Phi) is 8.15. The molecule has 1 atom stereocenters. The Bertz CT molecular complexity index is 1150. The van der Waals surface area contributed by atoms with Crippen LogP contribution in [0.25, 0.3) is 10.8 Å². The van der Waals surface area contributed by atoms with Crippen molar-refractivity contribution in [3.05, 3.63) is 59.6 Å². The molecule has 0 unspecified atom stereocenters. The van der Waals surface area contributed by atoms with Gasteiger partial charge in [-0.3, -0.25) is 4.79 Å². The highest BCUT2D eigenvalue weighted by Crippen LogP contribution is 2.36. The monoisotopic (exact) mass is 468 g/mol. The zero-order valence-corrected chi connectivity index (χ0v) is 19.8. The van der Waals surface area contributed by atoms with Gasteiger partial charge in [-0.25, -0.2) is 0 Å². The zero-order chi connectivity index (χ0) is 23.1. The Morgan fingerprint density at radius 1 is 1.19 bits per heavy atom. The van der Waals surface area contributed by atoms with Crippen LogP contribution in [0.15, 0.2) is 59.5 Å². The number of nitrogens with one attached hydrogen (secondary N) is 1. The van der Waals surface area contributed by atoms with Crippen LogP contribution in [-0.4, -0.2) is 32.8 Å². The van der Waals surface area contributed by atoms with E-state index in [0.29, 0.717) is 17.3 Å². The molecule has 0 heterocycles. The van der Waals surface area contributed by atoms with E-state index in [1.807, 2.05) is 49.4 Å². The van der Waals surface area contributed by atoms with Crippen molar-refractivity contribution in [2.75, 3.05) is 30.4 Å². The Hall–Kier alpha value is -3.01. The fourth-order valence-electron chi connectivity index (χ4n) is 3.46. The molecule has 32 heavy (non-hydrogen) atoms. The summed E-state index contributed by atoms with van der Waals surface area (Å²) in [6.07, 6.45) is 5.89. The predicted octanol–water partition coefficient (Wildman–Crippen LogP) is 6.01. The number of methoxy groups -OCH3 is 2. The molecule has 3 aromatic rings. The maximum absolute atomic E-state index is 11.8. The summed E-state index contributed by atoms with van der Waals surface area (Å²) >= 11 is 7.71. The normalized spacial score (nSPS) is 11.5. The fourth-order valence-corrected chi connectivity index (χ4v) is 4.50. The summed E-state index contributed by atoms with van der Waals surface area (Å²) in [7, 11) is 2.99. The molecule has 3 aromatic carbocycles. The number of hydrogen-bond acceptors (Lipinski definition) is 6. The molecule has 166 valence electrons. The summed E-state index contributed by atoms with van der Waals surface area (Å²) in [6.45, 7) is 2.35. The van der Waals surface area contributed by atoms with Gasteiger partial charge in [-0.05, 0) is 49.2 Å². The standard InChI is InChI=1S/C25H25ClN2O3S/c1-5-14-28(17(2)15-25(29)31-4)23-12-11-22(19-8-6-7-9-20(19)23)27-32-18-10-13-24(30-3)21(26)16-18/h1,6-13,16-17,27H,14-15H2,2-4H3/t17-/m0/s1. The van der Waals surface area contributed by atoms with Gasteiger partial charge in [0.25, 0.3) is 0 Å². The molecule has 3 rings (SSSR count). The molecular formula is C25H25ClN2O3S. The van der Waals surface area contributed by atoms with E-state index < -0.39 is 0 Å². The van der Waals surface area contributed by atoms with E-state index in [1.54, 1.807) is 7.11 Å². The number of esters is 1. The van der Waals surface area contributed by atoms with Gasteiger partial charge >= 0.3 is 5.97 Å². The van der Waals surface area contributed by atoms with E-state index in [4.69, 9.17) is 27.5 Å². The molecule has 0 aliphatic heterocycles. The van der Waals surface area contributed by atoms with Crippen LogP contribution >= 0.6 is 23.5 Å². The van der Waals surface area contributed by atoms with Gasteiger partial charge < -0.3 is 19.1 Å². The highest BCUT2D eigenvalue weighted by molar-refractivity contribution is 8.00. The molecule has 0 spiro atoms. The molecule has 0 amide bonds. The number of anilines is 2. The summed E-state index contributed by atoms with van der Waals surface area (Å²) in [5.74, 6) is 3.08. The summed E-state index contributed by atoms with van der Waals surface area (Å²) in [5.41, 5.74) is 1.93. The lowest BCUT2D eigenvalue weighted by molar-refractivity contribution is -0.140. The Labute approximate surface area is 198 Å². The first-order valence-corrected chi connectivity index (χ1v) is 11.2. The van der Waals surface area contributed by atoms with Crippen LogP contribution in [0.2, 0.25) is 5.02 Å². The number of carbonyl (C=O) groups excluding carboxylic acids is 1. The number of benzene rings is 3. The highest BCUT2D eigenvalue weighted by Gasteiger charge is 2.20. The summed E-state index contributed by atoms with van der Waals surface area (Å²) < 4.78 is 13.5. The first-order valence-electron chi connectivity index (χ1n) is 10.0. The smallest absolute Gasteiger partial charge is 0.307 e. The largest absolute Gasteiger partial charge is 0.495 e. The molecule has 0 aliphatic rings. The lowest BCUT2D eigenvalue weighted by atomic mass is 10.0. The molecule has 0 aromatic heterocycles. The number of terminal acetylenes is 1. The number of carbonyl (C=O) groups is 1. The molecule has 0 saturated heterocycles. The average molecular weight is 469 g/mol. The molecule has 5 nitrogen and oxygen atoms in total. The number of hydrogen-bond donors (Lipinski definition) is 1. The average Bonchev–Trinajstić information content (AvgIpc) is 2.81. The lowest BCUT2D eigenvalue weighted by Crippen LogP contribution is -2.35. The second kappa shape index (κ2) is 11.0. The topological polar surface area (TPSA) is 50.8 Å². The van der Waals surface area contributed by atoms with E-state index in [1.165, 1.54) is 19.1 Å². The number of rotatable bonds is 9. The Morgan fingerprint density at radius 3 is 2.59 bits per heavy atom. The van der Waals surface area contributed by atoms with Gasteiger partial charge in [-0.2, -0.15) is 0 Å². The van der Waals surface area contributed by atoms with Crippen molar-refractivity contribution in [1.29, 1.82) is 0 Å². The van der Waals surface area contributed by atoms with Gasteiger partial charge in [0.05, 0.1) is 37.9 Å². The van der Waals surface area contributed by atoms with Crippen molar-refractivity contribution in [1.82, 2.24) is 0 Å². The van der Waals surface area contributed by atoms with E-state index in [-0.39, 0.29) is 18.4 Å². The third kappa shape index (κ3) is 5.42. The van der Waals surface area contributed by atoms with Gasteiger partial charge in [0.2, 0.25) is 0 Å². The van der Waals surface area contributed by atoms with Crippen LogP contribution in [0.1, 0.15) is 13.3 Å². The van der Waals surface area contributed by atoms with Crippen LogP contribution < -0.4 is 14.4 Å². The zero-order valence-electron chi connectivity index (χ0n) is 18.2. The van der Waals surface area contributed by atoms with Crippen molar-refractivity contribution >= 4 is 51.7 Å². The molecular weight excluding hydrogens is 444 g/mol. The van der Waals surface area contributed by atoms with Crippen LogP contribution in [0.4, 0.5) is 11.4 Å². The maximum Gasteiger partial charge on any atom is 0.307 e. The number of ether oxygens (including phenoxy) is 2. The fraction of sp³-hybridized carbons (Fsp3) is 0.240. The summed E-state index contributed by atoms with van der Waals surface area (Å²) in [4.78, 5) is 14.9. The van der Waals surface area contributed by atoms with Crippen LogP contribution in [0.3, 0.4) is 0 Å². The minimum atomic E-state index is -0.267. The van der Waals surface area contributed by atoms with Gasteiger partial charge in [0.1, 0.15) is 5.75 Å². The molecule has 1 N–H and O–H groups in total. The minimum absolute atomic E-state index is 0.114. The highest BCUT2D eigenvalue weighted by atomic mass is 35.5. The maximum atomic E-state index is 11.8. The van der Waals surface area contributed by atoms with E-state index in [0.717, 1.165) is 27.0 Å². The van der Waals surface area contributed by atoms with Crippen molar-refractivity contribution < 1.29 is 14.3 Å². The number of nitrogens with zero attached hydrogens (tertiary/aromatic N) is 1. The molecule has 0 saturated carbocycles. The van der Waals surface area contributed by atoms with Gasteiger partial charge in [0.15, 0.2) is 0 Å². The summed E-state index contributed by atoms with van der Waals surface area (Å²) in [6, 6.07) is 17.7. The molecule has 7 heteroatoms. The van der Waals surface area contributed by atoms with E-state index in [2.05, 4.69) is 27.7 Å². The van der Waals surface area contributed by atoms with Gasteiger partial charge in [-0.1, -0.05) is 41.8 Å². The second-order valence-corrected chi connectivity index (χ2v) is 8.43. The van der Waals surface area contributed by atoms with Crippen molar-refractivity contribution in [2.24, 2.45) is 0 Å². The first kappa shape index (κ1) is 23.6. The quantitative estimate of drug-likeness (QED) is 0.236. The van der Waals surface area contributed by atoms with Crippen LogP contribution in [-0.2, 0) is 9.53 Å². The van der Waals surface area contributed by atoms with Gasteiger partial charge in [0, 0.05) is 27.4 Å². The van der Waals surface area contributed by atoms with Crippen LogP contribution in [0, 0.1) is 12.3 Å². The third-order valence-corrected chi connectivity index (χ3v) is 6.20. The van der Waals surface area contributed by atoms with Crippen molar-refractivity contribution in [3.63, 3.8) is 0 Å². The van der Waals surface area contributed by atoms with Crippen molar-refractivity contribution in [3.8, 4) is 18.1 Å². The number of fused-ring (bicyclic) bond motifs is 1. The molecule has 0 radical (unpaired) electrons. The Morgan fingerprint density at radius 2 is 1.94 bits per heavy atom. The molecule has 0 bridgehead atoms. The predicted molar refractivity (Wildman–Crippen MR) is 134 cm³/mol. The number of halogens is 1. The summed E-state index contributed by atoms with van der Waals surface area (Å²) in [5, 5.41) is 2.64. The first-order chi connectivity index (χ1) is 15.5. The minimum Gasteiger partial charge on any atom is -0.495 e. The third-order valence-electron chi connectivity index (χ3n) is 5.10. The lowest BCUT2D eigenvalue weighted by Gasteiger charge is -2.30. The van der Waals surface area contributed by atoms with Gasteiger partial charge in [-0.15, -0.1) is 6.42 Å². The second-order valence-electron chi connectivity index (χ2n) is 7.14. The molecule has 0 fully saturated rings. The van der Waals surface area contributed by atoms with E-state index in [9.17, 15) is 4.79 Å². The van der Waals surface area contributed by atoms with Crippen LogP contribution in [0.5, 0.6) is 5.75 Å². The SMILES string of the molecule is C#CCN(c1ccc(NSc2ccc(OC)c(Cl)c2)c2ccccc12)[C@@H](C)CC(=O)OC. The Balaban J connectivity index is 1.91. The van der Waals surface area contributed by atoms with E-state index >= 15 is 0 Å². The molecule has 0 aliphatic carbocycles.